The summed E-state index contributed by atoms with van der Waals surface area (Å²) in [5.41, 5.74) is 3.31. The molecule has 0 aliphatic carbocycles. The first-order valence-corrected chi connectivity index (χ1v) is 13.3. The van der Waals surface area contributed by atoms with Gasteiger partial charge in [0.1, 0.15) is 30.0 Å². The van der Waals surface area contributed by atoms with Crippen LogP contribution in [0.5, 0.6) is 11.5 Å². The minimum Gasteiger partial charge on any atom is -0.507 e. The van der Waals surface area contributed by atoms with Crippen LogP contribution in [-0.4, -0.2) is 59.9 Å². The zero-order chi connectivity index (χ0) is 27.5. The van der Waals surface area contributed by atoms with Crippen LogP contribution in [0.4, 0.5) is 0 Å². The summed E-state index contributed by atoms with van der Waals surface area (Å²) in [4.78, 5) is 30.3. The van der Waals surface area contributed by atoms with Crippen molar-refractivity contribution in [2.24, 2.45) is 0 Å². The Morgan fingerprint density at radius 1 is 1.05 bits per heavy atom. The van der Waals surface area contributed by atoms with Gasteiger partial charge in [0.25, 0.3) is 11.7 Å². The molecule has 0 aromatic heterocycles. The largest absolute Gasteiger partial charge is 0.507 e. The summed E-state index contributed by atoms with van der Waals surface area (Å²) < 4.78 is 11.8. The lowest BCUT2D eigenvalue weighted by Gasteiger charge is -2.26. The molecular weight excluding hydrogens is 492 g/mol. The van der Waals surface area contributed by atoms with Gasteiger partial charge in [-0.05, 0) is 81.0 Å². The molecule has 7 nitrogen and oxygen atoms in total. The highest BCUT2D eigenvalue weighted by atomic mass is 16.5. The van der Waals surface area contributed by atoms with E-state index in [1.54, 1.807) is 11.0 Å². The van der Waals surface area contributed by atoms with Crippen molar-refractivity contribution in [3.8, 4) is 11.5 Å². The van der Waals surface area contributed by atoms with E-state index in [0.717, 1.165) is 29.8 Å². The quantitative estimate of drug-likeness (QED) is 0.241. The Bertz CT molecular complexity index is 1400. The van der Waals surface area contributed by atoms with Gasteiger partial charge in [-0.2, -0.15) is 0 Å². The highest BCUT2D eigenvalue weighted by Gasteiger charge is 2.46. The molecule has 1 fully saturated rings. The Morgan fingerprint density at radius 2 is 1.85 bits per heavy atom. The number of amides is 1. The van der Waals surface area contributed by atoms with Gasteiger partial charge in [-0.1, -0.05) is 42.5 Å². The second-order valence-corrected chi connectivity index (χ2v) is 10.5. The van der Waals surface area contributed by atoms with Crippen molar-refractivity contribution in [2.75, 3.05) is 27.2 Å². The van der Waals surface area contributed by atoms with Crippen molar-refractivity contribution >= 4 is 17.4 Å². The lowest BCUT2D eigenvalue weighted by molar-refractivity contribution is -0.139. The fourth-order valence-corrected chi connectivity index (χ4v) is 5.25. The fourth-order valence-electron chi connectivity index (χ4n) is 5.25. The molecule has 2 aliphatic rings. The zero-order valence-corrected chi connectivity index (χ0v) is 22.6. The first kappa shape index (κ1) is 26.5. The van der Waals surface area contributed by atoms with Crippen molar-refractivity contribution in [3.63, 3.8) is 0 Å². The highest BCUT2D eigenvalue weighted by molar-refractivity contribution is 6.46. The molecular formula is C32H34N2O5. The average Bonchev–Trinajstić information content (AvgIpc) is 3.43. The maximum Gasteiger partial charge on any atom is 0.295 e. The van der Waals surface area contributed by atoms with Crippen LogP contribution in [0.1, 0.15) is 41.6 Å². The molecule has 2 aliphatic heterocycles. The maximum absolute atomic E-state index is 13.4. The van der Waals surface area contributed by atoms with Gasteiger partial charge in [0, 0.05) is 18.5 Å². The number of ketones is 1. The standard InChI is InChI=1S/C32H34N2O5/c1-21-17-25-18-24(13-14-27(25)39-21)30(35)28-29(34(32(37)31(28)36)16-8-15-33(2)3)23-11-7-12-26(19-23)38-20-22-9-5-4-6-10-22/h4-7,9-14,18-19,21,29,35H,8,15-17,20H2,1-3H3/t21-,29-/m1/s1. The smallest absolute Gasteiger partial charge is 0.295 e. The van der Waals surface area contributed by atoms with Crippen LogP contribution < -0.4 is 9.47 Å². The molecule has 1 N–H and O–H groups in total. The molecule has 0 unspecified atom stereocenters. The number of carbonyl (C=O) groups is 2. The van der Waals surface area contributed by atoms with E-state index >= 15 is 0 Å². The van der Waals surface area contributed by atoms with Gasteiger partial charge in [0.2, 0.25) is 0 Å². The van der Waals surface area contributed by atoms with E-state index in [2.05, 4.69) is 0 Å². The van der Waals surface area contributed by atoms with Crippen LogP contribution in [0.15, 0.2) is 78.4 Å². The SMILES string of the molecule is C[C@@H]1Cc2cc(C(O)=C3C(=O)C(=O)N(CCCN(C)C)[C@@H]3c3cccc(OCc4ccccc4)c3)ccc2O1. The Labute approximate surface area is 229 Å². The monoisotopic (exact) mass is 526 g/mol. The number of fused-ring (bicyclic) bond motifs is 1. The first-order valence-electron chi connectivity index (χ1n) is 13.3. The third kappa shape index (κ3) is 5.68. The van der Waals surface area contributed by atoms with Crippen LogP contribution in [-0.2, 0) is 22.6 Å². The minimum absolute atomic E-state index is 0.0540. The number of rotatable bonds is 9. The molecule has 2 heterocycles. The van der Waals surface area contributed by atoms with Gasteiger partial charge in [-0.15, -0.1) is 0 Å². The number of hydrogen-bond acceptors (Lipinski definition) is 6. The van der Waals surface area contributed by atoms with Gasteiger partial charge in [-0.25, -0.2) is 0 Å². The fraction of sp³-hybridized carbons (Fsp3) is 0.312. The predicted molar refractivity (Wildman–Crippen MR) is 150 cm³/mol. The second-order valence-electron chi connectivity index (χ2n) is 10.5. The summed E-state index contributed by atoms with van der Waals surface area (Å²) >= 11 is 0. The van der Waals surface area contributed by atoms with Crippen LogP contribution in [0.3, 0.4) is 0 Å². The number of Topliss-reactive ketones (excluding diaryl/α,β-unsaturated/α-hetero) is 1. The van der Waals surface area contributed by atoms with Crippen LogP contribution >= 0.6 is 0 Å². The van der Waals surface area contributed by atoms with E-state index in [4.69, 9.17) is 9.47 Å². The molecule has 7 heteroatoms. The molecule has 0 radical (unpaired) electrons. The minimum atomic E-state index is -0.726. The van der Waals surface area contributed by atoms with Gasteiger partial charge in [0.05, 0.1) is 11.6 Å². The summed E-state index contributed by atoms with van der Waals surface area (Å²) in [6.07, 6.45) is 1.47. The van der Waals surface area contributed by atoms with Crippen molar-refractivity contribution in [1.29, 1.82) is 0 Å². The number of likely N-dealkylation sites (tertiary alicyclic amines) is 1. The number of benzene rings is 3. The highest BCUT2D eigenvalue weighted by Crippen LogP contribution is 2.41. The third-order valence-electron chi connectivity index (χ3n) is 7.14. The number of nitrogens with zero attached hydrogens (tertiary/aromatic N) is 2. The molecule has 1 amide bonds. The molecule has 3 aromatic rings. The topological polar surface area (TPSA) is 79.3 Å². The molecule has 202 valence electrons. The molecule has 0 spiro atoms. The van der Waals surface area contributed by atoms with E-state index in [1.807, 2.05) is 92.6 Å². The average molecular weight is 527 g/mol. The van der Waals surface area contributed by atoms with E-state index in [-0.39, 0.29) is 17.4 Å². The maximum atomic E-state index is 13.4. The normalized spacial score (nSPS) is 19.8. The van der Waals surface area contributed by atoms with Crippen molar-refractivity contribution in [1.82, 2.24) is 9.80 Å². The number of carbonyl (C=O) groups excluding carboxylic acids is 2. The van der Waals surface area contributed by atoms with Crippen LogP contribution in [0.25, 0.3) is 5.76 Å². The van der Waals surface area contributed by atoms with Crippen LogP contribution in [0, 0.1) is 0 Å². The van der Waals surface area contributed by atoms with E-state index in [0.29, 0.717) is 36.4 Å². The van der Waals surface area contributed by atoms with E-state index < -0.39 is 17.7 Å². The molecule has 0 saturated carbocycles. The lowest BCUT2D eigenvalue weighted by atomic mass is 9.94. The van der Waals surface area contributed by atoms with Gasteiger partial charge in [-0.3, -0.25) is 9.59 Å². The molecule has 0 bridgehead atoms. The summed E-state index contributed by atoms with van der Waals surface area (Å²) in [5, 5.41) is 11.5. The van der Waals surface area contributed by atoms with Crippen molar-refractivity contribution in [2.45, 2.75) is 38.5 Å². The lowest BCUT2D eigenvalue weighted by Crippen LogP contribution is -2.32. The zero-order valence-electron chi connectivity index (χ0n) is 22.6. The van der Waals surface area contributed by atoms with Crippen molar-refractivity contribution < 1.29 is 24.2 Å². The van der Waals surface area contributed by atoms with Crippen LogP contribution in [0.2, 0.25) is 0 Å². The Hall–Kier alpha value is -4.10. The van der Waals surface area contributed by atoms with Gasteiger partial charge < -0.3 is 24.4 Å². The molecule has 2 atom stereocenters. The van der Waals surface area contributed by atoms with E-state index in [9.17, 15) is 14.7 Å². The Morgan fingerprint density at radius 3 is 2.62 bits per heavy atom. The van der Waals surface area contributed by atoms with E-state index in [1.165, 1.54) is 0 Å². The molecule has 39 heavy (non-hydrogen) atoms. The summed E-state index contributed by atoms with van der Waals surface area (Å²) in [7, 11) is 3.94. The van der Waals surface area contributed by atoms with Crippen molar-refractivity contribution in [3.05, 3.63) is 101 Å². The molecule has 1 saturated heterocycles. The Balaban J connectivity index is 1.52. The number of aliphatic hydroxyl groups excluding tert-OH is 1. The summed E-state index contributed by atoms with van der Waals surface area (Å²) in [5.74, 6) is -0.0505. The summed E-state index contributed by atoms with van der Waals surface area (Å²) in [6.45, 7) is 3.53. The number of hydrogen-bond donors (Lipinski definition) is 1. The number of aliphatic hydroxyl groups is 1. The van der Waals surface area contributed by atoms with Gasteiger partial charge >= 0.3 is 0 Å². The Kier molecular flexibility index (Phi) is 7.70. The number of ether oxygens (including phenoxy) is 2. The summed E-state index contributed by atoms with van der Waals surface area (Å²) in [6, 6.07) is 22.0. The molecule has 3 aromatic carbocycles. The predicted octanol–water partition coefficient (Wildman–Crippen LogP) is 4.96. The molecule has 5 rings (SSSR count). The first-order chi connectivity index (χ1) is 18.8. The van der Waals surface area contributed by atoms with Gasteiger partial charge in [0.15, 0.2) is 0 Å². The third-order valence-corrected chi connectivity index (χ3v) is 7.14. The second kappa shape index (κ2) is 11.3.